The summed E-state index contributed by atoms with van der Waals surface area (Å²) in [5, 5.41) is 12.6. The van der Waals surface area contributed by atoms with Gasteiger partial charge in [0.05, 0.1) is 11.8 Å². The van der Waals surface area contributed by atoms with Gasteiger partial charge in [0.15, 0.2) is 0 Å². The second-order valence-corrected chi connectivity index (χ2v) is 9.66. The van der Waals surface area contributed by atoms with Gasteiger partial charge < -0.3 is 0 Å². The molecule has 0 aliphatic heterocycles. The first-order valence-electron chi connectivity index (χ1n) is 10.3. The van der Waals surface area contributed by atoms with Crippen LogP contribution >= 0.6 is 31.9 Å². The zero-order valence-electron chi connectivity index (χ0n) is 17.1. The highest BCUT2D eigenvalue weighted by atomic mass is 79.9. The molecule has 0 aromatic heterocycles. The molecule has 0 amide bonds. The average Bonchev–Trinajstić information content (AvgIpc) is 2.80. The van der Waals surface area contributed by atoms with Crippen LogP contribution in [0.2, 0.25) is 0 Å². The van der Waals surface area contributed by atoms with E-state index in [4.69, 9.17) is 0 Å². The Balaban J connectivity index is 1.91. The zero-order chi connectivity index (χ0) is 22.7. The Morgan fingerprint density at radius 2 is 1.50 bits per heavy atom. The molecule has 1 aliphatic carbocycles. The Morgan fingerprint density at radius 3 is 2.12 bits per heavy atom. The number of rotatable bonds is 6. The Bertz CT molecular complexity index is 1160. The minimum absolute atomic E-state index is 0.203. The van der Waals surface area contributed by atoms with E-state index in [2.05, 4.69) is 31.9 Å². The molecule has 32 heavy (non-hydrogen) atoms. The van der Waals surface area contributed by atoms with Crippen LogP contribution in [0.15, 0.2) is 99.5 Å². The van der Waals surface area contributed by atoms with Crippen molar-refractivity contribution in [3.8, 4) is 0 Å². The second-order valence-electron chi connectivity index (χ2n) is 7.96. The van der Waals surface area contributed by atoms with E-state index < -0.39 is 12.0 Å². The van der Waals surface area contributed by atoms with E-state index in [9.17, 15) is 14.9 Å². The predicted molar refractivity (Wildman–Crippen MR) is 132 cm³/mol. The van der Waals surface area contributed by atoms with Crippen molar-refractivity contribution in [1.29, 1.82) is 0 Å². The monoisotopic (exact) mass is 553 g/mol. The number of allylic oxidation sites excluding steroid dienone is 1. The van der Waals surface area contributed by atoms with Crippen LogP contribution in [0.25, 0.3) is 0 Å². The highest BCUT2D eigenvalue weighted by Gasteiger charge is 2.49. The van der Waals surface area contributed by atoms with Gasteiger partial charge in [0.1, 0.15) is 6.29 Å². The summed E-state index contributed by atoms with van der Waals surface area (Å²) in [6.45, 7) is 0. The zero-order valence-corrected chi connectivity index (χ0v) is 20.3. The van der Waals surface area contributed by atoms with Gasteiger partial charge >= 0.3 is 0 Å². The molecule has 162 valence electrons. The quantitative estimate of drug-likeness (QED) is 0.193. The van der Waals surface area contributed by atoms with Gasteiger partial charge in [-0.3, -0.25) is 14.9 Å². The molecule has 0 fully saturated rings. The number of carbonyl (C=O) groups is 1. The number of hydrogen-bond donors (Lipinski definition) is 0. The molecule has 4 atom stereocenters. The van der Waals surface area contributed by atoms with Gasteiger partial charge in [0.25, 0.3) is 0 Å². The van der Waals surface area contributed by atoms with Crippen molar-refractivity contribution in [2.24, 2.45) is 5.92 Å². The van der Waals surface area contributed by atoms with Crippen LogP contribution in [0.1, 0.15) is 28.5 Å². The fourth-order valence-electron chi connectivity index (χ4n) is 4.79. The van der Waals surface area contributed by atoms with E-state index in [1.165, 1.54) is 0 Å². The van der Waals surface area contributed by atoms with Crippen LogP contribution in [-0.4, -0.2) is 17.3 Å². The maximum absolute atomic E-state index is 12.6. The Morgan fingerprint density at radius 1 is 0.875 bits per heavy atom. The number of hydrogen-bond acceptors (Lipinski definition) is 3. The summed E-state index contributed by atoms with van der Waals surface area (Å²) in [4.78, 5) is 24.6. The number of nitrogens with zero attached hydrogens (tertiary/aromatic N) is 1. The van der Waals surface area contributed by atoms with E-state index in [-0.39, 0.29) is 16.8 Å². The molecule has 4 nitrogen and oxygen atoms in total. The summed E-state index contributed by atoms with van der Waals surface area (Å²) >= 11 is 7.15. The van der Waals surface area contributed by atoms with Crippen molar-refractivity contribution in [2.45, 2.75) is 24.3 Å². The van der Waals surface area contributed by atoms with Crippen molar-refractivity contribution in [1.82, 2.24) is 0 Å². The van der Waals surface area contributed by atoms with Crippen LogP contribution in [0.5, 0.6) is 0 Å². The van der Waals surface area contributed by atoms with Crippen LogP contribution in [0.3, 0.4) is 0 Å². The number of aldehydes is 1. The van der Waals surface area contributed by atoms with E-state index in [0.717, 1.165) is 31.9 Å². The lowest BCUT2D eigenvalue weighted by molar-refractivity contribution is -0.531. The van der Waals surface area contributed by atoms with Gasteiger partial charge in [-0.05, 0) is 41.2 Å². The lowest BCUT2D eigenvalue weighted by Gasteiger charge is -2.37. The van der Waals surface area contributed by atoms with Crippen molar-refractivity contribution >= 4 is 38.1 Å². The van der Waals surface area contributed by atoms with Crippen molar-refractivity contribution in [3.05, 3.63) is 126 Å². The van der Waals surface area contributed by atoms with Crippen LogP contribution < -0.4 is 0 Å². The van der Waals surface area contributed by atoms with Crippen LogP contribution in [0.4, 0.5) is 0 Å². The summed E-state index contributed by atoms with van der Waals surface area (Å²) in [6, 6.07) is 24.0. The predicted octanol–water partition coefficient (Wildman–Crippen LogP) is 6.72. The standard InChI is InChI=1S/C26H21Br2NO3/c27-22-12-6-4-10-18(22)14-19-15-20(16-30)25(21-11-5-7-13-23(21)28)26(29(31)32)24(19)17-8-2-1-3-9-17/h1-13,15-16,19,24-26H,14H2/t19-,24+,25-,26+/m0/s1. The molecule has 0 saturated heterocycles. The fraction of sp³-hybridized carbons (Fsp3) is 0.192. The third-order valence-electron chi connectivity index (χ3n) is 6.15. The average molecular weight is 555 g/mol. The van der Waals surface area contributed by atoms with Gasteiger partial charge in [-0.1, -0.05) is 105 Å². The number of carbonyl (C=O) groups excluding carboxylic acids is 1. The van der Waals surface area contributed by atoms with E-state index in [1.54, 1.807) is 0 Å². The normalized spacial score (nSPS) is 22.8. The molecule has 4 rings (SSSR count). The van der Waals surface area contributed by atoms with Crippen molar-refractivity contribution in [3.63, 3.8) is 0 Å². The number of halogens is 2. The molecule has 0 N–H and O–H groups in total. The summed E-state index contributed by atoms with van der Waals surface area (Å²) in [7, 11) is 0. The van der Waals surface area contributed by atoms with E-state index >= 15 is 0 Å². The van der Waals surface area contributed by atoms with Crippen LogP contribution in [-0.2, 0) is 11.2 Å². The van der Waals surface area contributed by atoms with Crippen molar-refractivity contribution in [2.75, 3.05) is 0 Å². The smallest absolute Gasteiger partial charge is 0.231 e. The number of benzene rings is 3. The topological polar surface area (TPSA) is 60.2 Å². The van der Waals surface area contributed by atoms with Gasteiger partial charge in [0.2, 0.25) is 6.04 Å². The maximum Gasteiger partial charge on any atom is 0.231 e. The van der Waals surface area contributed by atoms with Crippen LogP contribution in [0, 0.1) is 16.0 Å². The molecule has 0 unspecified atom stereocenters. The highest BCUT2D eigenvalue weighted by Crippen LogP contribution is 2.48. The molecular formula is C26H21Br2NO3. The summed E-state index contributed by atoms with van der Waals surface area (Å²) in [5.41, 5.74) is 3.18. The first kappa shape index (κ1) is 22.6. The largest absolute Gasteiger partial charge is 0.298 e. The summed E-state index contributed by atoms with van der Waals surface area (Å²) in [5.74, 6) is -1.23. The SMILES string of the molecule is O=CC1=C[C@H](Cc2ccccc2Br)[C@@H](c2ccccc2)[C@@H]([N+](=O)[O-])[C@@H]1c1ccccc1Br. The lowest BCUT2D eigenvalue weighted by Crippen LogP contribution is -2.42. The first-order valence-corrected chi connectivity index (χ1v) is 11.9. The van der Waals surface area contributed by atoms with Gasteiger partial charge in [-0.15, -0.1) is 0 Å². The third kappa shape index (κ3) is 4.48. The maximum atomic E-state index is 12.6. The summed E-state index contributed by atoms with van der Waals surface area (Å²) in [6.07, 6.45) is 3.33. The van der Waals surface area contributed by atoms with Gasteiger partial charge in [0, 0.05) is 19.4 Å². The lowest BCUT2D eigenvalue weighted by atomic mass is 9.65. The Hall–Kier alpha value is -2.57. The second kappa shape index (κ2) is 9.92. The van der Waals surface area contributed by atoms with Gasteiger partial charge in [-0.2, -0.15) is 0 Å². The molecule has 0 bridgehead atoms. The molecule has 3 aromatic rings. The number of nitro groups is 1. The molecule has 0 heterocycles. The molecule has 6 heteroatoms. The molecule has 0 radical (unpaired) electrons. The molecule has 0 saturated carbocycles. The molecule has 0 spiro atoms. The Kier molecular flexibility index (Phi) is 7.01. The Labute approximate surface area is 203 Å². The third-order valence-corrected chi connectivity index (χ3v) is 7.65. The molecular weight excluding hydrogens is 534 g/mol. The first-order chi connectivity index (χ1) is 15.5. The van der Waals surface area contributed by atoms with Gasteiger partial charge in [-0.25, -0.2) is 0 Å². The minimum atomic E-state index is -0.978. The van der Waals surface area contributed by atoms with E-state index in [0.29, 0.717) is 12.0 Å². The fourth-order valence-corrected chi connectivity index (χ4v) is 5.77. The molecule has 3 aromatic carbocycles. The van der Waals surface area contributed by atoms with E-state index in [1.807, 2.05) is 84.9 Å². The molecule has 1 aliphatic rings. The minimum Gasteiger partial charge on any atom is -0.298 e. The highest BCUT2D eigenvalue weighted by molar-refractivity contribution is 9.10. The summed E-state index contributed by atoms with van der Waals surface area (Å²) < 4.78 is 1.72. The van der Waals surface area contributed by atoms with Crippen molar-refractivity contribution < 1.29 is 9.72 Å².